The second kappa shape index (κ2) is 9.40. The van der Waals surface area contributed by atoms with Crippen molar-refractivity contribution >= 4 is 22.5 Å². The molecule has 0 saturated heterocycles. The zero-order chi connectivity index (χ0) is 22.6. The van der Waals surface area contributed by atoms with Crippen LogP contribution in [0.1, 0.15) is 11.1 Å². The van der Waals surface area contributed by atoms with Crippen molar-refractivity contribution in [2.75, 3.05) is 31.7 Å². The lowest BCUT2D eigenvalue weighted by Gasteiger charge is -2.19. The molecule has 0 saturated carbocycles. The first-order valence-electron chi connectivity index (χ1n) is 10.9. The Morgan fingerprint density at radius 2 is 1.70 bits per heavy atom. The third-order valence-corrected chi connectivity index (χ3v) is 5.65. The number of hydrogen-bond donors (Lipinski definition) is 3. The van der Waals surface area contributed by atoms with Crippen molar-refractivity contribution in [1.82, 2.24) is 20.3 Å². The Bertz CT molecular complexity index is 1290. The number of aliphatic hydroxyl groups is 1. The summed E-state index contributed by atoms with van der Waals surface area (Å²) in [5, 5.41) is 16.6. The average molecular weight is 444 g/mol. The maximum atomic E-state index is 9.04. The number of aromatic nitrogens is 3. The fourth-order valence-corrected chi connectivity index (χ4v) is 3.98. The van der Waals surface area contributed by atoms with Crippen LogP contribution in [0.4, 0.5) is 11.6 Å². The zero-order valence-electron chi connectivity index (χ0n) is 18.3. The van der Waals surface area contributed by atoms with Gasteiger partial charge in [0.1, 0.15) is 24.5 Å². The smallest absolute Gasteiger partial charge is 0.161 e. The number of fused-ring (bicyclic) bond motifs is 2. The number of aliphatic hydroxyl groups excluding tert-OH is 1. The largest absolute Gasteiger partial charge is 0.486 e. The van der Waals surface area contributed by atoms with Crippen molar-refractivity contribution in [3.05, 3.63) is 66.1 Å². The third-order valence-electron chi connectivity index (χ3n) is 5.65. The van der Waals surface area contributed by atoms with Gasteiger partial charge in [-0.25, -0.2) is 9.97 Å². The number of hydrogen-bond acceptors (Lipinski definition) is 8. The van der Waals surface area contributed by atoms with E-state index in [1.165, 1.54) is 0 Å². The molecule has 0 bridgehead atoms. The van der Waals surface area contributed by atoms with Crippen LogP contribution in [0.25, 0.3) is 22.0 Å². The van der Waals surface area contributed by atoms with Crippen molar-refractivity contribution in [3.8, 4) is 22.6 Å². The molecule has 0 spiro atoms. The molecule has 0 amide bonds. The van der Waals surface area contributed by atoms with Crippen LogP contribution in [-0.4, -0.2) is 46.4 Å². The zero-order valence-corrected chi connectivity index (χ0v) is 18.3. The maximum Gasteiger partial charge on any atom is 0.161 e. The summed E-state index contributed by atoms with van der Waals surface area (Å²) < 4.78 is 11.4. The fraction of sp³-hybridized carbons (Fsp3) is 0.240. The Kier molecular flexibility index (Phi) is 6.01. The Morgan fingerprint density at radius 3 is 2.58 bits per heavy atom. The summed E-state index contributed by atoms with van der Waals surface area (Å²) in [6, 6.07) is 11.9. The van der Waals surface area contributed by atoms with E-state index in [2.05, 4.69) is 25.6 Å². The fourth-order valence-electron chi connectivity index (χ4n) is 3.98. The number of pyridine rings is 3. The van der Waals surface area contributed by atoms with Gasteiger partial charge in [0.15, 0.2) is 17.3 Å². The van der Waals surface area contributed by atoms with E-state index in [9.17, 15) is 0 Å². The van der Waals surface area contributed by atoms with Crippen LogP contribution in [0, 0.1) is 6.92 Å². The molecule has 1 aliphatic heterocycles. The number of ether oxygens (including phenoxy) is 2. The van der Waals surface area contributed by atoms with Crippen molar-refractivity contribution in [1.29, 1.82) is 0 Å². The normalized spacial score (nSPS) is 12.7. The standard InChI is InChI=1S/C25H25N5O3/c1-16-19(17-2-3-21-22(14-17)33-13-12-32-21)5-8-28-24(16)30-25-23-20(6-9-29-25)18(4-7-27-23)15-26-10-11-31/h2-9,14,26,31H,10-13,15H2,1H3,(H,28,29,30). The van der Waals surface area contributed by atoms with Crippen molar-refractivity contribution in [2.24, 2.45) is 0 Å². The van der Waals surface area contributed by atoms with Gasteiger partial charge in [-0.1, -0.05) is 6.07 Å². The van der Waals surface area contributed by atoms with Gasteiger partial charge in [-0.2, -0.15) is 0 Å². The molecule has 3 aromatic heterocycles. The highest BCUT2D eigenvalue weighted by Gasteiger charge is 2.16. The molecule has 168 valence electrons. The van der Waals surface area contributed by atoms with Crippen LogP contribution >= 0.6 is 0 Å². The van der Waals surface area contributed by atoms with E-state index in [4.69, 9.17) is 14.6 Å². The molecule has 33 heavy (non-hydrogen) atoms. The van der Waals surface area contributed by atoms with Crippen LogP contribution in [0.2, 0.25) is 0 Å². The lowest BCUT2D eigenvalue weighted by atomic mass is 10.0. The van der Waals surface area contributed by atoms with Gasteiger partial charge >= 0.3 is 0 Å². The molecule has 1 aliphatic rings. The summed E-state index contributed by atoms with van der Waals surface area (Å²) in [5.74, 6) is 2.89. The number of rotatable bonds is 7. The quantitative estimate of drug-likeness (QED) is 0.373. The first kappa shape index (κ1) is 21.1. The number of anilines is 2. The van der Waals surface area contributed by atoms with E-state index >= 15 is 0 Å². The molecule has 0 aliphatic carbocycles. The summed E-state index contributed by atoms with van der Waals surface area (Å²) >= 11 is 0. The van der Waals surface area contributed by atoms with Crippen LogP contribution in [0.15, 0.2) is 55.0 Å². The first-order chi connectivity index (χ1) is 16.2. The van der Waals surface area contributed by atoms with E-state index in [0.29, 0.717) is 37.9 Å². The Balaban J connectivity index is 1.47. The lowest BCUT2D eigenvalue weighted by molar-refractivity contribution is 0.171. The van der Waals surface area contributed by atoms with Gasteiger partial charge in [-0.05, 0) is 59.5 Å². The van der Waals surface area contributed by atoms with E-state index in [1.807, 2.05) is 43.3 Å². The molecule has 3 N–H and O–H groups in total. The summed E-state index contributed by atoms with van der Waals surface area (Å²) in [7, 11) is 0. The predicted octanol–water partition coefficient (Wildman–Crippen LogP) is 3.60. The first-order valence-corrected chi connectivity index (χ1v) is 10.9. The average Bonchev–Trinajstić information content (AvgIpc) is 2.85. The molecule has 1 aromatic carbocycles. The van der Waals surface area contributed by atoms with Crippen LogP contribution in [0.5, 0.6) is 11.5 Å². The Hall–Kier alpha value is -3.75. The second-order valence-electron chi connectivity index (χ2n) is 7.74. The van der Waals surface area contributed by atoms with Gasteiger partial charge in [0, 0.05) is 37.1 Å². The molecule has 8 nitrogen and oxygen atoms in total. The SMILES string of the molecule is Cc1c(-c2ccc3c(c2)OCCO3)ccnc1Nc1nccc2c(CNCCO)ccnc12. The number of nitrogens with one attached hydrogen (secondary N) is 2. The minimum atomic E-state index is 0.0992. The molecule has 0 unspecified atom stereocenters. The van der Waals surface area contributed by atoms with Gasteiger partial charge in [-0.15, -0.1) is 0 Å². The third kappa shape index (κ3) is 4.30. The van der Waals surface area contributed by atoms with Gasteiger partial charge < -0.3 is 25.2 Å². The predicted molar refractivity (Wildman–Crippen MR) is 127 cm³/mol. The van der Waals surface area contributed by atoms with Crippen LogP contribution in [-0.2, 0) is 6.54 Å². The molecule has 4 aromatic rings. The summed E-state index contributed by atoms with van der Waals surface area (Å²) in [4.78, 5) is 13.7. The molecule has 0 atom stereocenters. The van der Waals surface area contributed by atoms with E-state index in [-0.39, 0.29) is 6.61 Å². The highest BCUT2D eigenvalue weighted by atomic mass is 16.6. The minimum Gasteiger partial charge on any atom is -0.486 e. The van der Waals surface area contributed by atoms with Crippen LogP contribution in [0.3, 0.4) is 0 Å². The van der Waals surface area contributed by atoms with E-state index in [0.717, 1.165) is 44.7 Å². The minimum absolute atomic E-state index is 0.0992. The van der Waals surface area contributed by atoms with Gasteiger partial charge in [-0.3, -0.25) is 4.98 Å². The van der Waals surface area contributed by atoms with E-state index in [1.54, 1.807) is 18.6 Å². The van der Waals surface area contributed by atoms with Crippen molar-refractivity contribution in [3.63, 3.8) is 0 Å². The van der Waals surface area contributed by atoms with Gasteiger partial charge in [0.25, 0.3) is 0 Å². The summed E-state index contributed by atoms with van der Waals surface area (Å²) in [5.41, 5.74) is 4.93. The molecule has 0 radical (unpaired) electrons. The highest BCUT2D eigenvalue weighted by molar-refractivity contribution is 5.92. The van der Waals surface area contributed by atoms with E-state index < -0.39 is 0 Å². The second-order valence-corrected chi connectivity index (χ2v) is 7.74. The molecule has 8 heteroatoms. The molecule has 4 heterocycles. The van der Waals surface area contributed by atoms with Crippen molar-refractivity contribution in [2.45, 2.75) is 13.5 Å². The maximum absolute atomic E-state index is 9.04. The molecular weight excluding hydrogens is 418 g/mol. The number of nitrogens with zero attached hydrogens (tertiary/aromatic N) is 3. The number of benzene rings is 1. The molecule has 0 fully saturated rings. The molecule has 5 rings (SSSR count). The summed E-state index contributed by atoms with van der Waals surface area (Å²) in [6.45, 7) is 4.43. The highest BCUT2D eigenvalue weighted by Crippen LogP contribution is 2.37. The lowest BCUT2D eigenvalue weighted by Crippen LogP contribution is -2.17. The summed E-state index contributed by atoms with van der Waals surface area (Å²) in [6.07, 6.45) is 5.32. The monoisotopic (exact) mass is 443 g/mol. The van der Waals surface area contributed by atoms with Crippen molar-refractivity contribution < 1.29 is 14.6 Å². The van der Waals surface area contributed by atoms with Crippen LogP contribution < -0.4 is 20.1 Å². The Morgan fingerprint density at radius 1 is 0.909 bits per heavy atom. The molecular formula is C25H25N5O3. The van der Waals surface area contributed by atoms with Gasteiger partial charge in [0.2, 0.25) is 0 Å². The van der Waals surface area contributed by atoms with Gasteiger partial charge in [0.05, 0.1) is 6.61 Å². The Labute approximate surface area is 191 Å². The topological polar surface area (TPSA) is 101 Å².